The molecule has 0 aliphatic carbocycles. The molecule has 0 spiro atoms. The first kappa shape index (κ1) is 19.3. The Morgan fingerprint density at radius 3 is 2.62 bits per heavy atom. The minimum Gasteiger partial charge on any atom is -0.454 e. The third kappa shape index (κ3) is 3.92. The van der Waals surface area contributed by atoms with Gasteiger partial charge in [0.05, 0.1) is 11.4 Å². The summed E-state index contributed by atoms with van der Waals surface area (Å²) < 4.78 is 39.1. The Morgan fingerprint density at radius 1 is 1.21 bits per heavy atom. The molecule has 1 amide bonds. The lowest BCUT2D eigenvalue weighted by molar-refractivity contribution is 0.0977. The number of rotatable bonds is 5. The SMILES string of the molecule is Cc1nc(C(=O)NS(=O)(=O)c2ccccc2)cn1Cc1cc2c(cc1Cl)OCO2. The average molecular weight is 434 g/mol. The molecule has 8 nitrogen and oxygen atoms in total. The molecule has 1 aliphatic rings. The number of amides is 1. The maximum absolute atomic E-state index is 12.4. The van der Waals surface area contributed by atoms with Crippen LogP contribution in [0.2, 0.25) is 5.02 Å². The number of imidazole rings is 1. The number of aryl methyl sites for hydroxylation is 1. The van der Waals surface area contributed by atoms with Gasteiger partial charge in [0.25, 0.3) is 15.9 Å². The van der Waals surface area contributed by atoms with Crippen molar-refractivity contribution in [2.24, 2.45) is 0 Å². The number of hydrogen-bond donors (Lipinski definition) is 1. The van der Waals surface area contributed by atoms with Gasteiger partial charge in [-0.2, -0.15) is 0 Å². The van der Waals surface area contributed by atoms with E-state index in [1.54, 1.807) is 41.8 Å². The van der Waals surface area contributed by atoms with Crippen molar-refractivity contribution in [1.29, 1.82) is 0 Å². The molecule has 0 fully saturated rings. The van der Waals surface area contributed by atoms with E-state index in [9.17, 15) is 13.2 Å². The molecule has 29 heavy (non-hydrogen) atoms. The summed E-state index contributed by atoms with van der Waals surface area (Å²) in [5.41, 5.74) is 0.735. The monoisotopic (exact) mass is 433 g/mol. The van der Waals surface area contributed by atoms with Crippen molar-refractivity contribution in [2.45, 2.75) is 18.4 Å². The van der Waals surface area contributed by atoms with Gasteiger partial charge in [0.15, 0.2) is 11.5 Å². The maximum Gasteiger partial charge on any atom is 0.285 e. The average Bonchev–Trinajstić information content (AvgIpc) is 3.29. The number of ether oxygens (including phenoxy) is 2. The normalized spacial score (nSPS) is 12.8. The Morgan fingerprint density at radius 2 is 1.90 bits per heavy atom. The first-order valence-electron chi connectivity index (χ1n) is 8.57. The molecule has 0 saturated heterocycles. The fourth-order valence-corrected chi connectivity index (χ4v) is 4.07. The standard InChI is InChI=1S/C19H16ClN3O5S/c1-12-21-16(19(24)22-29(25,26)14-5-3-2-4-6-14)10-23(12)9-13-7-17-18(8-15(13)20)28-11-27-17/h2-8,10H,9,11H2,1H3,(H,22,24). The van der Waals surface area contributed by atoms with E-state index in [-0.39, 0.29) is 17.4 Å². The lowest BCUT2D eigenvalue weighted by Gasteiger charge is -2.08. The second kappa shape index (κ2) is 7.41. The number of hydrogen-bond acceptors (Lipinski definition) is 6. The number of carbonyl (C=O) groups is 1. The van der Waals surface area contributed by atoms with Crippen molar-refractivity contribution in [3.8, 4) is 11.5 Å². The lowest BCUT2D eigenvalue weighted by Crippen LogP contribution is -2.30. The van der Waals surface area contributed by atoms with Crippen LogP contribution in [0.15, 0.2) is 53.6 Å². The summed E-state index contributed by atoms with van der Waals surface area (Å²) in [6, 6.07) is 11.1. The van der Waals surface area contributed by atoms with Gasteiger partial charge in [-0.1, -0.05) is 29.8 Å². The van der Waals surface area contributed by atoms with Gasteiger partial charge in [-0.25, -0.2) is 18.1 Å². The topological polar surface area (TPSA) is 99.5 Å². The third-order valence-electron chi connectivity index (χ3n) is 4.37. The van der Waals surface area contributed by atoms with Gasteiger partial charge in [0, 0.05) is 17.3 Å². The molecule has 2 heterocycles. The number of nitrogens with one attached hydrogen (secondary N) is 1. The predicted octanol–water partition coefficient (Wildman–Crippen LogP) is 2.74. The molecule has 1 aliphatic heterocycles. The second-order valence-electron chi connectivity index (χ2n) is 6.35. The molecule has 0 bridgehead atoms. The van der Waals surface area contributed by atoms with Gasteiger partial charge >= 0.3 is 0 Å². The van der Waals surface area contributed by atoms with Crippen molar-refractivity contribution in [1.82, 2.24) is 14.3 Å². The lowest BCUT2D eigenvalue weighted by atomic mass is 10.2. The number of halogens is 1. The Labute approximate surface area is 172 Å². The molecule has 2 aromatic carbocycles. The highest BCUT2D eigenvalue weighted by Crippen LogP contribution is 2.37. The molecule has 3 aromatic rings. The van der Waals surface area contributed by atoms with Crippen LogP contribution in [0.3, 0.4) is 0 Å². The zero-order chi connectivity index (χ0) is 20.6. The van der Waals surface area contributed by atoms with E-state index < -0.39 is 15.9 Å². The number of nitrogens with zero attached hydrogens (tertiary/aromatic N) is 2. The van der Waals surface area contributed by atoms with E-state index in [1.807, 2.05) is 4.72 Å². The van der Waals surface area contributed by atoms with Crippen molar-refractivity contribution in [3.05, 3.63) is 70.8 Å². The smallest absolute Gasteiger partial charge is 0.285 e. The molecular weight excluding hydrogens is 418 g/mol. The zero-order valence-corrected chi connectivity index (χ0v) is 16.8. The van der Waals surface area contributed by atoms with Crippen molar-refractivity contribution >= 4 is 27.5 Å². The minimum absolute atomic E-state index is 0.00311. The molecule has 1 N–H and O–H groups in total. The van der Waals surface area contributed by atoms with E-state index >= 15 is 0 Å². The first-order valence-corrected chi connectivity index (χ1v) is 10.4. The zero-order valence-electron chi connectivity index (χ0n) is 15.3. The molecule has 0 saturated carbocycles. The Kier molecular flexibility index (Phi) is 4.93. The van der Waals surface area contributed by atoms with Crippen LogP contribution in [-0.4, -0.2) is 30.7 Å². The summed E-state index contributed by atoms with van der Waals surface area (Å²) in [5.74, 6) is 0.884. The number of sulfonamides is 1. The van der Waals surface area contributed by atoms with E-state index in [0.29, 0.717) is 28.9 Å². The molecule has 1 aromatic heterocycles. The molecule has 0 atom stereocenters. The Bertz CT molecular complexity index is 1190. The maximum atomic E-state index is 12.4. The van der Waals surface area contributed by atoms with E-state index in [1.165, 1.54) is 18.3 Å². The van der Waals surface area contributed by atoms with E-state index in [4.69, 9.17) is 21.1 Å². The summed E-state index contributed by atoms with van der Waals surface area (Å²) in [7, 11) is -3.98. The quantitative estimate of drug-likeness (QED) is 0.664. The van der Waals surface area contributed by atoms with Gasteiger partial charge in [-0.15, -0.1) is 0 Å². The van der Waals surface area contributed by atoms with Crippen LogP contribution in [0.1, 0.15) is 21.9 Å². The minimum atomic E-state index is -3.98. The van der Waals surface area contributed by atoms with Crippen LogP contribution in [0.5, 0.6) is 11.5 Å². The fraction of sp³-hybridized carbons (Fsp3) is 0.158. The first-order chi connectivity index (χ1) is 13.8. The Balaban J connectivity index is 1.55. The highest BCUT2D eigenvalue weighted by Gasteiger charge is 2.22. The highest BCUT2D eigenvalue weighted by molar-refractivity contribution is 7.90. The molecule has 4 rings (SSSR count). The van der Waals surface area contributed by atoms with E-state index in [0.717, 1.165) is 5.56 Å². The molecule has 0 unspecified atom stereocenters. The van der Waals surface area contributed by atoms with Gasteiger partial charge in [-0.3, -0.25) is 4.79 Å². The number of benzene rings is 2. The molecule has 150 valence electrons. The van der Waals surface area contributed by atoms with Gasteiger partial charge in [0.1, 0.15) is 11.5 Å². The summed E-state index contributed by atoms with van der Waals surface area (Å²) in [4.78, 5) is 16.6. The Hall–Kier alpha value is -3.04. The second-order valence-corrected chi connectivity index (χ2v) is 8.44. The number of carbonyl (C=O) groups excluding carboxylic acids is 1. The van der Waals surface area contributed by atoms with Crippen LogP contribution in [-0.2, 0) is 16.6 Å². The number of fused-ring (bicyclic) bond motifs is 1. The van der Waals surface area contributed by atoms with Gasteiger partial charge < -0.3 is 14.0 Å². The van der Waals surface area contributed by atoms with Crippen LogP contribution >= 0.6 is 11.6 Å². The van der Waals surface area contributed by atoms with Crippen LogP contribution in [0, 0.1) is 6.92 Å². The van der Waals surface area contributed by atoms with Gasteiger partial charge in [0.2, 0.25) is 6.79 Å². The summed E-state index contributed by atoms with van der Waals surface area (Å²) in [5, 5.41) is 0.486. The third-order valence-corrected chi connectivity index (χ3v) is 6.07. The van der Waals surface area contributed by atoms with Crippen molar-refractivity contribution in [3.63, 3.8) is 0 Å². The summed E-state index contributed by atoms with van der Waals surface area (Å²) in [6.45, 7) is 2.18. The van der Waals surface area contributed by atoms with Crippen molar-refractivity contribution < 1.29 is 22.7 Å². The molecular formula is C19H16ClN3O5S. The van der Waals surface area contributed by atoms with Crippen LogP contribution in [0.25, 0.3) is 0 Å². The van der Waals surface area contributed by atoms with Crippen LogP contribution < -0.4 is 14.2 Å². The fourth-order valence-electron chi connectivity index (χ4n) is 2.87. The number of aromatic nitrogens is 2. The summed E-state index contributed by atoms with van der Waals surface area (Å²) >= 11 is 6.31. The largest absolute Gasteiger partial charge is 0.454 e. The van der Waals surface area contributed by atoms with Crippen LogP contribution in [0.4, 0.5) is 0 Å². The predicted molar refractivity (Wildman–Crippen MR) is 105 cm³/mol. The highest BCUT2D eigenvalue weighted by atomic mass is 35.5. The van der Waals surface area contributed by atoms with Crippen molar-refractivity contribution in [2.75, 3.05) is 6.79 Å². The van der Waals surface area contributed by atoms with Gasteiger partial charge in [-0.05, 0) is 30.7 Å². The summed E-state index contributed by atoms with van der Waals surface area (Å²) in [6.07, 6.45) is 1.48. The van der Waals surface area contributed by atoms with E-state index in [2.05, 4.69) is 4.98 Å². The molecule has 10 heteroatoms. The molecule has 0 radical (unpaired) electrons.